The highest BCUT2D eigenvalue weighted by Gasteiger charge is 2.55. The van der Waals surface area contributed by atoms with Crippen LogP contribution in [0.4, 0.5) is 0 Å². The summed E-state index contributed by atoms with van der Waals surface area (Å²) in [5, 5.41) is 3.80. The molecule has 0 radical (unpaired) electrons. The van der Waals surface area contributed by atoms with Crippen molar-refractivity contribution in [2.24, 2.45) is 5.41 Å². The van der Waals surface area contributed by atoms with E-state index >= 15 is 0 Å². The molecule has 1 aromatic carbocycles. The molecule has 0 amide bonds. The molecule has 2 heteroatoms. The van der Waals surface area contributed by atoms with Gasteiger partial charge in [-0.15, -0.1) is 0 Å². The van der Waals surface area contributed by atoms with Gasteiger partial charge >= 0.3 is 0 Å². The molecule has 3 saturated carbocycles. The Hall–Kier alpha value is -1.02. The fraction of sp³-hybridized carbons (Fsp3) is 0.684. The summed E-state index contributed by atoms with van der Waals surface area (Å²) in [4.78, 5) is 0. The summed E-state index contributed by atoms with van der Waals surface area (Å²) in [5.41, 5.74) is 2.60. The van der Waals surface area contributed by atoms with Crippen LogP contribution in [0.5, 0.6) is 5.75 Å². The molecular weight excluding hydrogens is 258 g/mol. The van der Waals surface area contributed by atoms with Crippen LogP contribution in [0.25, 0.3) is 0 Å². The Balaban J connectivity index is 1.54. The summed E-state index contributed by atoms with van der Waals surface area (Å²) in [6.45, 7) is 1.17. The largest absolute Gasteiger partial charge is 0.497 e. The summed E-state index contributed by atoms with van der Waals surface area (Å²) in [6.07, 6.45) is 11.4. The molecule has 0 saturated heterocycles. The molecule has 114 valence electrons. The minimum atomic E-state index is 0.388. The minimum absolute atomic E-state index is 0.388. The summed E-state index contributed by atoms with van der Waals surface area (Å²) in [7, 11) is 1.75. The average molecular weight is 285 g/mol. The molecule has 1 spiro atoms. The third-order valence-corrected chi connectivity index (χ3v) is 6.10. The van der Waals surface area contributed by atoms with E-state index in [0.29, 0.717) is 10.8 Å². The summed E-state index contributed by atoms with van der Waals surface area (Å²) < 4.78 is 5.32. The van der Waals surface area contributed by atoms with Crippen molar-refractivity contribution in [3.05, 3.63) is 29.8 Å². The van der Waals surface area contributed by atoms with Gasteiger partial charge in [0.1, 0.15) is 5.75 Å². The number of ether oxygens (including phenoxy) is 1. The lowest BCUT2D eigenvalue weighted by molar-refractivity contribution is 0.0267. The van der Waals surface area contributed by atoms with E-state index in [1.54, 1.807) is 7.11 Å². The van der Waals surface area contributed by atoms with E-state index in [0.717, 1.165) is 11.8 Å². The van der Waals surface area contributed by atoms with Crippen molar-refractivity contribution in [1.82, 2.24) is 5.32 Å². The van der Waals surface area contributed by atoms with Crippen molar-refractivity contribution < 1.29 is 4.74 Å². The van der Waals surface area contributed by atoms with Gasteiger partial charge in [-0.25, -0.2) is 0 Å². The molecule has 0 atom stereocenters. The molecule has 3 fully saturated rings. The summed E-state index contributed by atoms with van der Waals surface area (Å²) in [5.74, 6) is 0.971. The van der Waals surface area contributed by atoms with Crippen molar-refractivity contribution in [1.29, 1.82) is 0 Å². The SMILES string of the molecule is COc1ccc(C2(CNC3CC3)CC3(CCCC3)C2)cc1. The zero-order valence-corrected chi connectivity index (χ0v) is 13.2. The van der Waals surface area contributed by atoms with E-state index in [4.69, 9.17) is 4.74 Å². The first kappa shape index (κ1) is 13.6. The molecule has 4 rings (SSSR count). The molecule has 0 heterocycles. The molecule has 1 aromatic rings. The quantitative estimate of drug-likeness (QED) is 0.881. The van der Waals surface area contributed by atoms with Crippen LogP contribution in [0.2, 0.25) is 0 Å². The molecule has 0 unspecified atom stereocenters. The van der Waals surface area contributed by atoms with E-state index in [1.807, 2.05) is 0 Å². The van der Waals surface area contributed by atoms with Crippen LogP contribution in [0.15, 0.2) is 24.3 Å². The number of benzene rings is 1. The smallest absolute Gasteiger partial charge is 0.118 e. The Morgan fingerprint density at radius 3 is 2.33 bits per heavy atom. The molecule has 2 nitrogen and oxygen atoms in total. The van der Waals surface area contributed by atoms with Gasteiger partial charge in [-0.05, 0) is 61.6 Å². The summed E-state index contributed by atoms with van der Waals surface area (Å²) in [6, 6.07) is 9.67. The van der Waals surface area contributed by atoms with Crippen LogP contribution in [0.1, 0.15) is 56.9 Å². The zero-order valence-electron chi connectivity index (χ0n) is 13.2. The van der Waals surface area contributed by atoms with Gasteiger partial charge in [0.05, 0.1) is 7.11 Å². The fourth-order valence-corrected chi connectivity index (χ4v) is 4.87. The highest BCUT2D eigenvalue weighted by Crippen LogP contribution is 2.62. The van der Waals surface area contributed by atoms with E-state index in [1.165, 1.54) is 63.5 Å². The first-order valence-corrected chi connectivity index (χ1v) is 8.62. The molecule has 0 bridgehead atoms. The van der Waals surface area contributed by atoms with Gasteiger partial charge in [0.15, 0.2) is 0 Å². The molecule has 3 aliphatic carbocycles. The molecule has 1 N–H and O–H groups in total. The number of rotatable bonds is 5. The average Bonchev–Trinajstić information content (AvgIpc) is 3.20. The minimum Gasteiger partial charge on any atom is -0.497 e. The number of hydrogen-bond acceptors (Lipinski definition) is 2. The van der Waals surface area contributed by atoms with Crippen molar-refractivity contribution in [3.63, 3.8) is 0 Å². The highest BCUT2D eigenvalue weighted by atomic mass is 16.5. The van der Waals surface area contributed by atoms with Crippen LogP contribution in [0.3, 0.4) is 0 Å². The highest BCUT2D eigenvalue weighted by molar-refractivity contribution is 5.36. The van der Waals surface area contributed by atoms with Crippen molar-refractivity contribution in [3.8, 4) is 5.75 Å². The van der Waals surface area contributed by atoms with Crippen molar-refractivity contribution in [2.75, 3.05) is 13.7 Å². The second-order valence-corrected chi connectivity index (χ2v) is 7.72. The second-order valence-electron chi connectivity index (χ2n) is 7.72. The van der Waals surface area contributed by atoms with Gasteiger partial charge in [0, 0.05) is 18.0 Å². The maximum absolute atomic E-state index is 5.32. The van der Waals surface area contributed by atoms with Crippen LogP contribution in [-0.4, -0.2) is 19.7 Å². The Bertz CT molecular complexity index is 489. The third-order valence-electron chi connectivity index (χ3n) is 6.10. The summed E-state index contributed by atoms with van der Waals surface area (Å²) >= 11 is 0. The van der Waals surface area contributed by atoms with Gasteiger partial charge in [-0.1, -0.05) is 25.0 Å². The van der Waals surface area contributed by atoms with Gasteiger partial charge in [0.25, 0.3) is 0 Å². The number of methoxy groups -OCH3 is 1. The lowest BCUT2D eigenvalue weighted by Crippen LogP contribution is -2.54. The normalized spacial score (nSPS) is 25.8. The molecule has 21 heavy (non-hydrogen) atoms. The van der Waals surface area contributed by atoms with Gasteiger partial charge < -0.3 is 10.1 Å². The first-order valence-electron chi connectivity index (χ1n) is 8.62. The molecular formula is C19H27NO. The lowest BCUT2D eigenvalue weighted by atomic mass is 9.49. The molecule has 3 aliphatic rings. The van der Waals surface area contributed by atoms with Gasteiger partial charge in [0.2, 0.25) is 0 Å². The standard InChI is InChI=1S/C19H27NO/c1-21-17-8-4-15(5-9-17)19(14-20-16-6-7-16)12-18(13-19)10-2-3-11-18/h4-5,8-9,16,20H,2-3,6-7,10-14H2,1H3. The fourth-order valence-electron chi connectivity index (χ4n) is 4.87. The van der Waals surface area contributed by atoms with Crippen LogP contribution in [-0.2, 0) is 5.41 Å². The number of nitrogens with one attached hydrogen (secondary N) is 1. The van der Waals surface area contributed by atoms with Gasteiger partial charge in [-0.2, -0.15) is 0 Å². The predicted octanol–water partition coefficient (Wildman–Crippen LogP) is 4.04. The Labute approximate surface area is 128 Å². The van der Waals surface area contributed by atoms with Gasteiger partial charge in [-0.3, -0.25) is 0 Å². The topological polar surface area (TPSA) is 21.3 Å². The maximum atomic E-state index is 5.32. The van der Waals surface area contributed by atoms with E-state index < -0.39 is 0 Å². The van der Waals surface area contributed by atoms with E-state index in [-0.39, 0.29) is 0 Å². The third kappa shape index (κ3) is 2.48. The predicted molar refractivity (Wildman–Crippen MR) is 85.8 cm³/mol. The van der Waals surface area contributed by atoms with Crippen LogP contribution in [0, 0.1) is 5.41 Å². The maximum Gasteiger partial charge on any atom is 0.118 e. The zero-order chi connectivity index (χ0) is 14.3. The monoisotopic (exact) mass is 285 g/mol. The molecule has 0 aromatic heterocycles. The second kappa shape index (κ2) is 5.01. The van der Waals surface area contributed by atoms with Crippen molar-refractivity contribution in [2.45, 2.75) is 62.8 Å². The Morgan fingerprint density at radius 1 is 1.10 bits per heavy atom. The molecule has 0 aliphatic heterocycles. The number of hydrogen-bond donors (Lipinski definition) is 1. The van der Waals surface area contributed by atoms with E-state index in [2.05, 4.69) is 29.6 Å². The first-order chi connectivity index (χ1) is 10.2. The Kier molecular flexibility index (Phi) is 3.25. The van der Waals surface area contributed by atoms with Crippen molar-refractivity contribution >= 4 is 0 Å². The van der Waals surface area contributed by atoms with E-state index in [9.17, 15) is 0 Å². The Morgan fingerprint density at radius 2 is 1.76 bits per heavy atom. The van der Waals surface area contributed by atoms with Crippen LogP contribution < -0.4 is 10.1 Å². The lowest BCUT2D eigenvalue weighted by Gasteiger charge is -2.56. The van der Waals surface area contributed by atoms with Crippen LogP contribution >= 0.6 is 0 Å².